The first-order valence-electron chi connectivity index (χ1n) is 6.93. The first kappa shape index (κ1) is 17.5. The molecule has 0 bridgehead atoms. The number of anilines is 1. The lowest BCUT2D eigenvalue weighted by molar-refractivity contribution is -0.136. The maximum Gasteiger partial charge on any atom is 0.418 e. The Morgan fingerprint density at radius 1 is 1.38 bits per heavy atom. The second kappa shape index (κ2) is 7.16. The summed E-state index contributed by atoms with van der Waals surface area (Å²) < 4.78 is 48.4. The molecule has 0 atom stereocenters. The standard InChI is InChI=1S/C15H14F3N3O3/c1-3-23-14(22)12-8-13(24-21-12)9(2)19-20-11-7-5-4-6-10(11)15(16,17)18/h4-8,20H,3H2,1-2H3. The smallest absolute Gasteiger partial charge is 0.418 e. The van der Waals surface area contributed by atoms with E-state index in [2.05, 4.69) is 15.7 Å². The van der Waals surface area contributed by atoms with Gasteiger partial charge in [0, 0.05) is 6.07 Å². The van der Waals surface area contributed by atoms with Gasteiger partial charge in [-0.25, -0.2) is 4.79 Å². The van der Waals surface area contributed by atoms with Crippen LogP contribution in [0.25, 0.3) is 0 Å². The number of nitrogens with zero attached hydrogens (tertiary/aromatic N) is 2. The summed E-state index contributed by atoms with van der Waals surface area (Å²) in [6.45, 7) is 3.33. The number of rotatable bonds is 5. The fourth-order valence-electron chi connectivity index (χ4n) is 1.77. The van der Waals surface area contributed by atoms with Crippen LogP contribution in [0.4, 0.5) is 18.9 Å². The number of aromatic nitrogens is 1. The fraction of sp³-hybridized carbons (Fsp3) is 0.267. The monoisotopic (exact) mass is 341 g/mol. The van der Waals surface area contributed by atoms with Crippen molar-refractivity contribution in [1.29, 1.82) is 0 Å². The van der Waals surface area contributed by atoms with Crippen LogP contribution >= 0.6 is 0 Å². The molecule has 0 radical (unpaired) electrons. The van der Waals surface area contributed by atoms with Crippen LogP contribution in [-0.2, 0) is 10.9 Å². The van der Waals surface area contributed by atoms with Crippen molar-refractivity contribution in [2.24, 2.45) is 5.10 Å². The average Bonchev–Trinajstić information content (AvgIpc) is 3.02. The van der Waals surface area contributed by atoms with Crippen LogP contribution in [0.2, 0.25) is 0 Å². The van der Waals surface area contributed by atoms with Crippen LogP contribution in [0, 0.1) is 0 Å². The summed E-state index contributed by atoms with van der Waals surface area (Å²) in [5, 5.41) is 7.37. The van der Waals surface area contributed by atoms with Crippen molar-refractivity contribution in [3.8, 4) is 0 Å². The molecule has 6 nitrogen and oxygen atoms in total. The molecule has 0 aliphatic carbocycles. The molecule has 9 heteroatoms. The summed E-state index contributed by atoms with van der Waals surface area (Å²) in [6, 6.07) is 6.24. The Labute approximate surface area is 135 Å². The second-order valence-corrected chi connectivity index (χ2v) is 4.65. The van der Waals surface area contributed by atoms with E-state index in [4.69, 9.17) is 9.26 Å². The quantitative estimate of drug-likeness (QED) is 0.510. The zero-order valence-electron chi connectivity index (χ0n) is 12.8. The SMILES string of the molecule is CCOC(=O)c1cc(C(C)=NNc2ccccc2C(F)(F)F)on1. The Morgan fingerprint density at radius 3 is 2.75 bits per heavy atom. The van der Waals surface area contributed by atoms with Crippen LogP contribution in [0.3, 0.4) is 0 Å². The molecule has 0 fully saturated rings. The van der Waals surface area contributed by atoms with Crippen molar-refractivity contribution < 1.29 is 27.2 Å². The van der Waals surface area contributed by atoms with E-state index in [0.29, 0.717) is 0 Å². The van der Waals surface area contributed by atoms with Crippen molar-refractivity contribution in [1.82, 2.24) is 5.16 Å². The van der Waals surface area contributed by atoms with Gasteiger partial charge in [0.25, 0.3) is 0 Å². The highest BCUT2D eigenvalue weighted by Crippen LogP contribution is 2.34. The molecule has 0 saturated carbocycles. The highest BCUT2D eigenvalue weighted by Gasteiger charge is 2.33. The summed E-state index contributed by atoms with van der Waals surface area (Å²) in [5.41, 5.74) is 1.48. The minimum absolute atomic E-state index is 0.0444. The predicted molar refractivity (Wildman–Crippen MR) is 79.7 cm³/mol. The van der Waals surface area contributed by atoms with E-state index < -0.39 is 17.7 Å². The predicted octanol–water partition coefficient (Wildman–Crippen LogP) is 3.71. The normalized spacial score (nSPS) is 12.1. The molecular formula is C15H14F3N3O3. The first-order valence-corrected chi connectivity index (χ1v) is 6.93. The van der Waals surface area contributed by atoms with Gasteiger partial charge in [-0.1, -0.05) is 17.3 Å². The van der Waals surface area contributed by atoms with Crippen molar-refractivity contribution >= 4 is 17.4 Å². The first-order chi connectivity index (χ1) is 11.3. The van der Waals surface area contributed by atoms with Crippen molar-refractivity contribution in [3.05, 3.63) is 47.3 Å². The Morgan fingerprint density at radius 2 is 2.08 bits per heavy atom. The van der Waals surface area contributed by atoms with E-state index >= 15 is 0 Å². The van der Waals surface area contributed by atoms with Crippen LogP contribution in [0.1, 0.15) is 35.7 Å². The number of alkyl halides is 3. The van der Waals surface area contributed by atoms with Gasteiger partial charge in [0.15, 0.2) is 11.5 Å². The molecule has 2 rings (SSSR count). The molecule has 128 valence electrons. The molecule has 2 aromatic rings. The molecule has 1 aromatic carbocycles. The molecule has 0 spiro atoms. The van der Waals surface area contributed by atoms with E-state index in [1.807, 2.05) is 0 Å². The van der Waals surface area contributed by atoms with Gasteiger partial charge in [-0.3, -0.25) is 5.43 Å². The number of carbonyl (C=O) groups excluding carboxylic acids is 1. The number of nitrogens with one attached hydrogen (secondary N) is 1. The number of hydrogen-bond acceptors (Lipinski definition) is 6. The molecule has 0 aliphatic rings. The van der Waals surface area contributed by atoms with Crippen LogP contribution < -0.4 is 5.43 Å². The largest absolute Gasteiger partial charge is 0.461 e. The van der Waals surface area contributed by atoms with Gasteiger partial charge in [0.2, 0.25) is 0 Å². The highest BCUT2D eigenvalue weighted by atomic mass is 19.4. The number of esters is 1. The molecular weight excluding hydrogens is 327 g/mol. The zero-order valence-corrected chi connectivity index (χ0v) is 12.8. The van der Waals surface area contributed by atoms with E-state index in [1.165, 1.54) is 31.2 Å². The van der Waals surface area contributed by atoms with Gasteiger partial charge in [-0.2, -0.15) is 18.3 Å². The van der Waals surface area contributed by atoms with E-state index in [9.17, 15) is 18.0 Å². The molecule has 0 saturated heterocycles. The minimum atomic E-state index is -4.50. The van der Waals surface area contributed by atoms with Crippen LogP contribution in [-0.4, -0.2) is 23.4 Å². The zero-order chi connectivity index (χ0) is 17.7. The van der Waals surface area contributed by atoms with Crippen molar-refractivity contribution in [2.45, 2.75) is 20.0 Å². The number of hydrazone groups is 1. The van der Waals surface area contributed by atoms with Crippen LogP contribution in [0.5, 0.6) is 0 Å². The van der Waals surface area contributed by atoms with Gasteiger partial charge in [0.05, 0.1) is 17.9 Å². The summed E-state index contributed by atoms with van der Waals surface area (Å²) in [5.74, 6) is -0.522. The highest BCUT2D eigenvalue weighted by molar-refractivity contribution is 5.98. The van der Waals surface area contributed by atoms with Gasteiger partial charge in [0.1, 0.15) is 5.71 Å². The summed E-state index contributed by atoms with van der Waals surface area (Å²) in [7, 11) is 0. The molecule has 24 heavy (non-hydrogen) atoms. The average molecular weight is 341 g/mol. The Hall–Kier alpha value is -2.84. The van der Waals surface area contributed by atoms with Gasteiger partial charge >= 0.3 is 12.1 Å². The Kier molecular flexibility index (Phi) is 5.22. The fourth-order valence-corrected chi connectivity index (χ4v) is 1.77. The number of halogens is 3. The van der Waals surface area contributed by atoms with E-state index in [1.54, 1.807) is 6.92 Å². The van der Waals surface area contributed by atoms with Crippen molar-refractivity contribution in [3.63, 3.8) is 0 Å². The summed E-state index contributed by atoms with van der Waals surface area (Å²) in [4.78, 5) is 11.5. The lowest BCUT2D eigenvalue weighted by Crippen LogP contribution is -2.09. The summed E-state index contributed by atoms with van der Waals surface area (Å²) in [6.07, 6.45) is -4.50. The third-order valence-corrected chi connectivity index (χ3v) is 2.93. The molecule has 1 N–H and O–H groups in total. The number of hydrogen-bond donors (Lipinski definition) is 1. The Balaban J connectivity index is 2.17. The van der Waals surface area contributed by atoms with E-state index in [-0.39, 0.29) is 29.5 Å². The number of ether oxygens (including phenoxy) is 1. The maximum atomic E-state index is 12.9. The lowest BCUT2D eigenvalue weighted by Gasteiger charge is -2.11. The Bertz CT molecular complexity index is 754. The third kappa shape index (κ3) is 4.12. The van der Waals surface area contributed by atoms with Crippen molar-refractivity contribution in [2.75, 3.05) is 12.0 Å². The second-order valence-electron chi connectivity index (χ2n) is 4.65. The van der Waals surface area contributed by atoms with Gasteiger partial charge < -0.3 is 9.26 Å². The van der Waals surface area contributed by atoms with Gasteiger partial charge in [-0.15, -0.1) is 0 Å². The molecule has 0 amide bonds. The number of benzene rings is 1. The maximum absolute atomic E-state index is 12.9. The minimum Gasteiger partial charge on any atom is -0.461 e. The van der Waals surface area contributed by atoms with E-state index in [0.717, 1.165) is 6.07 Å². The molecule has 1 aromatic heterocycles. The van der Waals surface area contributed by atoms with Gasteiger partial charge in [-0.05, 0) is 26.0 Å². The number of carbonyl (C=O) groups is 1. The molecule has 1 heterocycles. The summed E-state index contributed by atoms with van der Waals surface area (Å²) >= 11 is 0. The molecule has 0 unspecified atom stereocenters. The molecule has 0 aliphatic heterocycles. The topological polar surface area (TPSA) is 76.7 Å². The lowest BCUT2D eigenvalue weighted by atomic mass is 10.2. The number of para-hydroxylation sites is 1. The third-order valence-electron chi connectivity index (χ3n) is 2.93. The van der Waals surface area contributed by atoms with Crippen LogP contribution in [0.15, 0.2) is 40.0 Å².